The summed E-state index contributed by atoms with van der Waals surface area (Å²) in [7, 11) is 0. The fraction of sp³-hybridized carbons (Fsp3) is 0.0714. The fourth-order valence-corrected chi connectivity index (χ4v) is 1.92. The minimum atomic E-state index is 0.407. The molecule has 3 rings (SSSR count). The van der Waals surface area contributed by atoms with Crippen LogP contribution in [-0.4, -0.2) is 14.5 Å². The number of rotatable bonds is 2. The van der Waals surface area contributed by atoms with Crippen molar-refractivity contribution >= 4 is 10.9 Å². The number of aromatic nitrogens is 3. The molecule has 86 valence electrons. The van der Waals surface area contributed by atoms with Crippen molar-refractivity contribution in [1.29, 1.82) is 5.26 Å². The third-order valence-corrected chi connectivity index (χ3v) is 2.80. The average Bonchev–Trinajstić information content (AvgIpc) is 2.86. The maximum absolute atomic E-state index is 8.90. The Morgan fingerprint density at radius 2 is 2.06 bits per heavy atom. The third kappa shape index (κ3) is 1.82. The third-order valence-electron chi connectivity index (χ3n) is 2.80. The van der Waals surface area contributed by atoms with Gasteiger partial charge < -0.3 is 4.57 Å². The maximum atomic E-state index is 8.90. The van der Waals surface area contributed by atoms with E-state index in [0.717, 1.165) is 16.6 Å². The highest BCUT2D eigenvalue weighted by molar-refractivity contribution is 5.78. The first-order valence-electron chi connectivity index (χ1n) is 5.63. The van der Waals surface area contributed by atoms with Crippen LogP contribution in [0.4, 0.5) is 0 Å². The molecule has 2 aromatic heterocycles. The van der Waals surface area contributed by atoms with Crippen LogP contribution in [0.1, 0.15) is 11.5 Å². The van der Waals surface area contributed by atoms with Crippen molar-refractivity contribution in [3.63, 3.8) is 0 Å². The maximum Gasteiger partial charge on any atom is 0.213 e. The van der Waals surface area contributed by atoms with E-state index >= 15 is 0 Å². The van der Waals surface area contributed by atoms with Gasteiger partial charge in [-0.25, -0.2) is 4.98 Å². The highest BCUT2D eigenvalue weighted by atomic mass is 15.1. The summed E-state index contributed by atoms with van der Waals surface area (Å²) in [6.45, 7) is 0.563. The first kappa shape index (κ1) is 10.5. The van der Waals surface area contributed by atoms with E-state index < -0.39 is 0 Å². The van der Waals surface area contributed by atoms with Gasteiger partial charge in [0.1, 0.15) is 6.07 Å². The summed E-state index contributed by atoms with van der Waals surface area (Å²) in [4.78, 5) is 8.53. The van der Waals surface area contributed by atoms with Crippen molar-refractivity contribution in [2.75, 3.05) is 0 Å². The lowest BCUT2D eigenvalue weighted by molar-refractivity contribution is 0.763. The smallest absolute Gasteiger partial charge is 0.213 e. The van der Waals surface area contributed by atoms with Gasteiger partial charge in [-0.15, -0.1) is 0 Å². The zero-order chi connectivity index (χ0) is 12.4. The Bertz CT molecular complexity index is 737. The van der Waals surface area contributed by atoms with Gasteiger partial charge in [-0.3, -0.25) is 4.98 Å². The zero-order valence-corrected chi connectivity index (χ0v) is 9.61. The molecule has 1 aromatic carbocycles. The number of pyridine rings is 1. The summed E-state index contributed by atoms with van der Waals surface area (Å²) in [5, 5.41) is 10.0. The van der Waals surface area contributed by atoms with E-state index in [-0.39, 0.29) is 0 Å². The Morgan fingerprint density at radius 1 is 1.17 bits per heavy atom. The molecule has 0 unspecified atom stereocenters. The van der Waals surface area contributed by atoms with Gasteiger partial charge in [0.2, 0.25) is 5.82 Å². The first-order chi connectivity index (χ1) is 8.86. The van der Waals surface area contributed by atoms with Gasteiger partial charge in [0.15, 0.2) is 0 Å². The quantitative estimate of drug-likeness (QED) is 0.684. The van der Waals surface area contributed by atoms with Crippen molar-refractivity contribution in [1.82, 2.24) is 14.5 Å². The lowest BCUT2D eigenvalue weighted by Crippen LogP contribution is -2.03. The molecule has 0 aliphatic rings. The van der Waals surface area contributed by atoms with Crippen LogP contribution < -0.4 is 0 Å². The van der Waals surface area contributed by atoms with Gasteiger partial charge in [-0.1, -0.05) is 24.3 Å². The molecule has 0 amide bonds. The molecule has 0 saturated heterocycles. The average molecular weight is 234 g/mol. The zero-order valence-electron chi connectivity index (χ0n) is 9.61. The molecule has 0 atom stereocenters. The Morgan fingerprint density at radius 3 is 2.94 bits per heavy atom. The number of imidazole rings is 1. The molecule has 0 saturated carbocycles. The van der Waals surface area contributed by atoms with Crippen LogP contribution in [0, 0.1) is 11.3 Å². The first-order valence-corrected chi connectivity index (χ1v) is 5.63. The molecule has 3 aromatic rings. The van der Waals surface area contributed by atoms with Crippen molar-refractivity contribution in [3.8, 4) is 6.07 Å². The topological polar surface area (TPSA) is 54.5 Å². The molecular formula is C14H10N4. The van der Waals surface area contributed by atoms with E-state index in [1.807, 2.05) is 36.4 Å². The second-order valence-electron chi connectivity index (χ2n) is 3.99. The van der Waals surface area contributed by atoms with Gasteiger partial charge >= 0.3 is 0 Å². The lowest BCUT2D eigenvalue weighted by Gasteiger charge is -2.04. The van der Waals surface area contributed by atoms with Crippen molar-refractivity contribution in [3.05, 3.63) is 60.3 Å². The fourth-order valence-electron chi connectivity index (χ4n) is 1.92. The molecule has 4 heteroatoms. The lowest BCUT2D eigenvalue weighted by atomic mass is 10.2. The van der Waals surface area contributed by atoms with Crippen LogP contribution >= 0.6 is 0 Å². The van der Waals surface area contributed by atoms with Crippen LogP contribution in [0.5, 0.6) is 0 Å². The van der Waals surface area contributed by atoms with E-state index in [1.54, 1.807) is 17.0 Å². The minimum Gasteiger partial charge on any atom is -0.317 e. The van der Waals surface area contributed by atoms with E-state index in [1.165, 1.54) is 0 Å². The van der Waals surface area contributed by atoms with Gasteiger partial charge in [-0.2, -0.15) is 5.26 Å². The molecular weight excluding hydrogens is 224 g/mol. The van der Waals surface area contributed by atoms with Crippen molar-refractivity contribution in [2.24, 2.45) is 0 Å². The van der Waals surface area contributed by atoms with Crippen LogP contribution in [0.15, 0.2) is 48.8 Å². The minimum absolute atomic E-state index is 0.407. The van der Waals surface area contributed by atoms with Gasteiger partial charge in [0.05, 0.1) is 17.8 Å². The number of nitrogens with zero attached hydrogens (tertiary/aromatic N) is 4. The SMILES string of the molecule is N#Cc1nccn1Cc1ccc2ccccc2n1. The highest BCUT2D eigenvalue weighted by Gasteiger charge is 2.03. The van der Waals surface area contributed by atoms with E-state index in [0.29, 0.717) is 12.4 Å². The largest absolute Gasteiger partial charge is 0.317 e. The molecule has 0 radical (unpaired) electrons. The van der Waals surface area contributed by atoms with Crippen LogP contribution in [-0.2, 0) is 6.54 Å². The molecule has 4 nitrogen and oxygen atoms in total. The summed E-state index contributed by atoms with van der Waals surface area (Å²) in [6, 6.07) is 14.1. The number of para-hydroxylation sites is 1. The second kappa shape index (κ2) is 4.30. The molecule has 0 N–H and O–H groups in total. The van der Waals surface area contributed by atoms with Crippen LogP contribution in [0.3, 0.4) is 0 Å². The predicted octanol–water partition coefficient (Wildman–Crippen LogP) is 2.35. The van der Waals surface area contributed by atoms with Gasteiger partial charge in [-0.05, 0) is 12.1 Å². The van der Waals surface area contributed by atoms with Crippen molar-refractivity contribution < 1.29 is 0 Å². The van der Waals surface area contributed by atoms with Crippen molar-refractivity contribution in [2.45, 2.75) is 6.54 Å². The van der Waals surface area contributed by atoms with Crippen LogP contribution in [0.25, 0.3) is 10.9 Å². The Balaban J connectivity index is 1.98. The molecule has 0 fully saturated rings. The van der Waals surface area contributed by atoms with E-state index in [2.05, 4.69) is 16.0 Å². The summed E-state index contributed by atoms with van der Waals surface area (Å²) in [5.41, 5.74) is 1.89. The number of benzene rings is 1. The number of fused-ring (bicyclic) bond motifs is 1. The summed E-state index contributed by atoms with van der Waals surface area (Å²) in [5.74, 6) is 0.407. The number of nitriles is 1. The molecule has 0 bridgehead atoms. The number of hydrogen-bond donors (Lipinski definition) is 0. The molecule has 2 heterocycles. The molecule has 0 spiro atoms. The Kier molecular flexibility index (Phi) is 2.50. The second-order valence-corrected chi connectivity index (χ2v) is 3.99. The summed E-state index contributed by atoms with van der Waals surface area (Å²) in [6.07, 6.45) is 3.41. The van der Waals surface area contributed by atoms with Gasteiger partial charge in [0.25, 0.3) is 0 Å². The summed E-state index contributed by atoms with van der Waals surface area (Å²) < 4.78 is 1.79. The Labute approximate surface area is 104 Å². The molecule has 0 aliphatic carbocycles. The standard InChI is InChI=1S/C14H10N4/c15-9-14-16-7-8-18(14)10-12-6-5-11-3-1-2-4-13(11)17-12/h1-8H,10H2. The molecule has 0 aliphatic heterocycles. The van der Waals surface area contributed by atoms with Crippen LogP contribution in [0.2, 0.25) is 0 Å². The summed E-state index contributed by atoms with van der Waals surface area (Å²) >= 11 is 0. The van der Waals surface area contributed by atoms with E-state index in [4.69, 9.17) is 5.26 Å². The van der Waals surface area contributed by atoms with E-state index in [9.17, 15) is 0 Å². The monoisotopic (exact) mass is 234 g/mol. The predicted molar refractivity (Wildman–Crippen MR) is 67.8 cm³/mol. The highest BCUT2D eigenvalue weighted by Crippen LogP contribution is 2.12. The molecule has 18 heavy (non-hydrogen) atoms. The Hall–Kier alpha value is -2.67. The number of hydrogen-bond acceptors (Lipinski definition) is 3. The normalized spacial score (nSPS) is 10.4. The van der Waals surface area contributed by atoms with Gasteiger partial charge in [0, 0.05) is 17.8 Å².